The van der Waals surface area contributed by atoms with Crippen molar-refractivity contribution in [2.24, 2.45) is 4.99 Å². The average Bonchev–Trinajstić information content (AvgIpc) is 2.99. The number of carbonyl (C=O) groups excluding carboxylic acids is 1. The van der Waals surface area contributed by atoms with Crippen LogP contribution in [0.2, 0.25) is 0 Å². The number of aromatic nitrogens is 1. The molecule has 0 N–H and O–H groups in total. The molecule has 3 aromatic rings. The fourth-order valence-electron chi connectivity index (χ4n) is 2.97. The van der Waals surface area contributed by atoms with E-state index in [0.29, 0.717) is 4.80 Å². The van der Waals surface area contributed by atoms with Gasteiger partial charge < -0.3 is 4.57 Å². The highest BCUT2D eigenvalue weighted by molar-refractivity contribution is 7.91. The fraction of sp³-hybridized carbons (Fsp3) is 0.238. The molecule has 0 saturated carbocycles. The minimum atomic E-state index is -3.52. The van der Waals surface area contributed by atoms with E-state index in [1.54, 1.807) is 18.2 Å². The lowest BCUT2D eigenvalue weighted by molar-refractivity contribution is -0.117. The normalized spacial score (nSPS) is 12.2. The van der Waals surface area contributed by atoms with E-state index in [1.165, 1.54) is 23.5 Å². The molecule has 1 aromatic heterocycles. The van der Waals surface area contributed by atoms with Gasteiger partial charge in [0, 0.05) is 6.42 Å². The Morgan fingerprint density at radius 1 is 1.21 bits per heavy atom. The van der Waals surface area contributed by atoms with Crippen molar-refractivity contribution in [1.82, 2.24) is 4.57 Å². The quantitative estimate of drug-likeness (QED) is 0.604. The Bertz CT molecular complexity index is 1240. The van der Waals surface area contributed by atoms with E-state index in [9.17, 15) is 13.2 Å². The van der Waals surface area contributed by atoms with Crippen molar-refractivity contribution in [3.8, 4) is 12.3 Å². The first-order chi connectivity index (χ1) is 13.3. The Balaban J connectivity index is 1.92. The number of nitrogens with zero attached hydrogens (tertiary/aromatic N) is 2. The zero-order chi connectivity index (χ0) is 20.3. The standard InChI is InChI=1S/C21H20N2O3S2/c1-4-11-23-18-14-15(2)13-16(3)20(18)27-21(23)22-19(24)10-12-28(25,26)17-8-6-5-7-9-17/h1,5-9,13-14H,10-12H2,2-3H3. The molecule has 0 aliphatic heterocycles. The van der Waals surface area contributed by atoms with Gasteiger partial charge in [-0.25, -0.2) is 8.42 Å². The predicted molar refractivity (Wildman–Crippen MR) is 112 cm³/mol. The molecule has 144 valence electrons. The molecular formula is C21H20N2O3S2. The van der Waals surface area contributed by atoms with Crippen molar-refractivity contribution in [2.75, 3.05) is 5.75 Å². The summed E-state index contributed by atoms with van der Waals surface area (Å²) in [4.78, 5) is 17.2. The van der Waals surface area contributed by atoms with Crippen LogP contribution >= 0.6 is 11.3 Å². The molecule has 0 aliphatic carbocycles. The maximum Gasteiger partial charge on any atom is 0.249 e. The van der Waals surface area contributed by atoms with Crippen LogP contribution in [0.25, 0.3) is 10.2 Å². The van der Waals surface area contributed by atoms with Crippen molar-refractivity contribution in [3.05, 3.63) is 58.4 Å². The van der Waals surface area contributed by atoms with E-state index >= 15 is 0 Å². The number of hydrogen-bond acceptors (Lipinski definition) is 4. The number of carbonyl (C=O) groups is 1. The number of fused-ring (bicyclic) bond motifs is 1. The van der Waals surface area contributed by atoms with E-state index in [2.05, 4.69) is 17.0 Å². The number of benzene rings is 2. The Hall–Kier alpha value is -2.69. The number of sulfone groups is 1. The Morgan fingerprint density at radius 3 is 2.61 bits per heavy atom. The molecule has 0 bridgehead atoms. The first kappa shape index (κ1) is 20.1. The molecule has 0 saturated heterocycles. The van der Waals surface area contributed by atoms with Crippen molar-refractivity contribution in [2.45, 2.75) is 31.7 Å². The van der Waals surface area contributed by atoms with Crippen LogP contribution in [0.3, 0.4) is 0 Å². The van der Waals surface area contributed by atoms with Crippen LogP contribution in [0.15, 0.2) is 52.4 Å². The van der Waals surface area contributed by atoms with Crippen LogP contribution < -0.4 is 4.80 Å². The number of terminal acetylenes is 1. The first-order valence-corrected chi connectivity index (χ1v) is 11.2. The van der Waals surface area contributed by atoms with E-state index in [1.807, 2.05) is 24.5 Å². The van der Waals surface area contributed by atoms with E-state index in [0.717, 1.165) is 21.3 Å². The van der Waals surface area contributed by atoms with E-state index in [4.69, 9.17) is 6.42 Å². The molecule has 0 atom stereocenters. The van der Waals surface area contributed by atoms with Crippen LogP contribution in [-0.4, -0.2) is 24.6 Å². The molecule has 2 aromatic carbocycles. The molecule has 0 unspecified atom stereocenters. The highest BCUT2D eigenvalue weighted by Gasteiger charge is 2.16. The minimum Gasteiger partial charge on any atom is -0.305 e. The van der Waals surface area contributed by atoms with Crippen LogP contribution in [-0.2, 0) is 21.2 Å². The van der Waals surface area contributed by atoms with Crippen LogP contribution in [0, 0.1) is 26.2 Å². The third-order valence-corrected chi connectivity index (χ3v) is 7.23. The number of aryl methyl sites for hydroxylation is 2. The Morgan fingerprint density at radius 2 is 1.93 bits per heavy atom. The summed E-state index contributed by atoms with van der Waals surface area (Å²) in [6, 6.07) is 12.2. The summed E-state index contributed by atoms with van der Waals surface area (Å²) in [5.74, 6) is 1.83. The monoisotopic (exact) mass is 412 g/mol. The summed E-state index contributed by atoms with van der Waals surface area (Å²) in [7, 11) is -3.52. The van der Waals surface area contributed by atoms with Crippen LogP contribution in [0.5, 0.6) is 0 Å². The largest absolute Gasteiger partial charge is 0.305 e. The van der Waals surface area contributed by atoms with E-state index < -0.39 is 15.7 Å². The van der Waals surface area contributed by atoms with Gasteiger partial charge >= 0.3 is 0 Å². The minimum absolute atomic E-state index is 0.181. The van der Waals surface area contributed by atoms with Gasteiger partial charge in [0.1, 0.15) is 0 Å². The summed E-state index contributed by atoms with van der Waals surface area (Å²) < 4.78 is 27.6. The lowest BCUT2D eigenvalue weighted by Crippen LogP contribution is -2.18. The summed E-state index contributed by atoms with van der Waals surface area (Å²) in [5, 5.41) is 0. The van der Waals surface area contributed by atoms with Crippen molar-refractivity contribution in [1.29, 1.82) is 0 Å². The van der Waals surface area contributed by atoms with Crippen molar-refractivity contribution < 1.29 is 13.2 Å². The maximum absolute atomic E-state index is 12.4. The second kappa shape index (κ2) is 8.13. The molecule has 28 heavy (non-hydrogen) atoms. The molecule has 0 radical (unpaired) electrons. The smallest absolute Gasteiger partial charge is 0.249 e. The molecule has 7 heteroatoms. The third kappa shape index (κ3) is 4.24. The van der Waals surface area contributed by atoms with Gasteiger partial charge in [-0.1, -0.05) is 41.5 Å². The number of thiazole rings is 1. The van der Waals surface area contributed by atoms with Crippen molar-refractivity contribution in [3.63, 3.8) is 0 Å². The van der Waals surface area contributed by atoms with Crippen LogP contribution in [0.4, 0.5) is 0 Å². The van der Waals surface area contributed by atoms with Crippen LogP contribution in [0.1, 0.15) is 17.5 Å². The molecule has 3 rings (SSSR count). The predicted octanol–water partition coefficient (Wildman–Crippen LogP) is 3.24. The topological polar surface area (TPSA) is 68.5 Å². The maximum atomic E-state index is 12.4. The number of amides is 1. The second-order valence-corrected chi connectivity index (χ2v) is 9.58. The molecule has 1 heterocycles. The van der Waals surface area contributed by atoms with Gasteiger partial charge in [-0.15, -0.1) is 6.42 Å². The first-order valence-electron chi connectivity index (χ1n) is 8.71. The van der Waals surface area contributed by atoms with Crippen molar-refractivity contribution >= 4 is 37.3 Å². The lowest BCUT2D eigenvalue weighted by Gasteiger charge is -2.03. The highest BCUT2D eigenvalue weighted by atomic mass is 32.2. The SMILES string of the molecule is C#CCn1c(=NC(=O)CCS(=O)(=O)c2ccccc2)sc2c(C)cc(C)cc21. The Kier molecular flexibility index (Phi) is 5.82. The average molecular weight is 413 g/mol. The summed E-state index contributed by atoms with van der Waals surface area (Å²) in [6.45, 7) is 4.29. The third-order valence-electron chi connectivity index (χ3n) is 4.27. The van der Waals surface area contributed by atoms with Gasteiger partial charge in [-0.3, -0.25) is 4.79 Å². The molecule has 0 fully saturated rings. The summed E-state index contributed by atoms with van der Waals surface area (Å²) in [5.41, 5.74) is 3.12. The zero-order valence-electron chi connectivity index (χ0n) is 15.7. The van der Waals surface area contributed by atoms with Gasteiger partial charge in [-0.2, -0.15) is 4.99 Å². The second-order valence-electron chi connectivity index (χ2n) is 6.49. The highest BCUT2D eigenvalue weighted by Crippen LogP contribution is 2.23. The number of rotatable bonds is 5. The molecular weight excluding hydrogens is 392 g/mol. The Labute approximate surface area is 168 Å². The molecule has 0 spiro atoms. The fourth-order valence-corrected chi connectivity index (χ4v) is 5.32. The van der Waals surface area contributed by atoms with Gasteiger partial charge in [0.2, 0.25) is 5.91 Å². The molecule has 5 nitrogen and oxygen atoms in total. The lowest BCUT2D eigenvalue weighted by atomic mass is 10.1. The number of hydrogen-bond donors (Lipinski definition) is 0. The van der Waals surface area contributed by atoms with Gasteiger partial charge in [0.05, 0.1) is 27.4 Å². The van der Waals surface area contributed by atoms with Gasteiger partial charge in [-0.05, 0) is 43.2 Å². The summed E-state index contributed by atoms with van der Waals surface area (Å²) >= 11 is 1.39. The summed E-state index contributed by atoms with van der Waals surface area (Å²) in [6.07, 6.45) is 5.31. The zero-order valence-corrected chi connectivity index (χ0v) is 17.3. The van der Waals surface area contributed by atoms with Gasteiger partial charge in [0.25, 0.3) is 0 Å². The van der Waals surface area contributed by atoms with E-state index in [-0.39, 0.29) is 23.6 Å². The van der Waals surface area contributed by atoms with Gasteiger partial charge in [0.15, 0.2) is 14.6 Å². The molecule has 1 amide bonds. The molecule has 0 aliphatic rings.